The molecule has 9 nitrogen and oxygen atoms in total. The second-order valence-corrected chi connectivity index (χ2v) is 10.3. The highest BCUT2D eigenvalue weighted by Gasteiger charge is 2.33. The summed E-state index contributed by atoms with van der Waals surface area (Å²) in [5.41, 5.74) is 8.64. The van der Waals surface area contributed by atoms with Crippen LogP contribution in [0.1, 0.15) is 37.3 Å². The summed E-state index contributed by atoms with van der Waals surface area (Å²) in [7, 11) is 1.69. The van der Waals surface area contributed by atoms with Gasteiger partial charge in [-0.25, -0.2) is 4.99 Å². The number of hydrogen-bond donors (Lipinski definition) is 2. The molecule has 1 aromatic rings. The maximum absolute atomic E-state index is 13.5. The van der Waals surface area contributed by atoms with Gasteiger partial charge in [-0.3, -0.25) is 4.79 Å². The minimum atomic E-state index is -4.76. The molecule has 2 fully saturated rings. The maximum Gasteiger partial charge on any atom is 0.573 e. The van der Waals surface area contributed by atoms with Crippen molar-refractivity contribution in [2.24, 2.45) is 10.7 Å². The van der Waals surface area contributed by atoms with Gasteiger partial charge in [-0.2, -0.15) is 0 Å². The fourth-order valence-corrected chi connectivity index (χ4v) is 5.56. The molecule has 40 heavy (non-hydrogen) atoms. The molecule has 0 aromatic heterocycles. The zero-order valence-corrected chi connectivity index (χ0v) is 23.0. The number of halogens is 3. The Bertz CT molecular complexity index is 1130. The predicted molar refractivity (Wildman–Crippen MR) is 145 cm³/mol. The number of amides is 1. The van der Waals surface area contributed by atoms with Gasteiger partial charge in [0.2, 0.25) is 0 Å². The molecule has 0 bridgehead atoms. The van der Waals surface area contributed by atoms with E-state index in [0.29, 0.717) is 62.6 Å². The number of alkyl halides is 3. The highest BCUT2D eigenvalue weighted by molar-refractivity contribution is 5.95. The summed E-state index contributed by atoms with van der Waals surface area (Å²) >= 11 is 0. The van der Waals surface area contributed by atoms with Crippen LogP contribution in [0.25, 0.3) is 0 Å². The van der Waals surface area contributed by atoms with E-state index in [4.69, 9.17) is 15.2 Å². The second-order valence-electron chi connectivity index (χ2n) is 10.3. The molecule has 1 amide bonds. The minimum absolute atomic E-state index is 0.0148. The molecule has 12 heteroatoms. The lowest BCUT2D eigenvalue weighted by molar-refractivity contribution is -0.274. The van der Waals surface area contributed by atoms with Crippen LogP contribution in [0.5, 0.6) is 5.75 Å². The molecule has 0 radical (unpaired) electrons. The van der Waals surface area contributed by atoms with Gasteiger partial charge < -0.3 is 35.1 Å². The SMILES string of the molecule is C=C(/C(C)=C(\N=CN)C(=O)N1CCC(NC2CCOCC2OC)CC1)N1CCc2ccc(OC(F)(F)F)cc2C1. The Morgan fingerprint density at radius 1 is 1.20 bits per heavy atom. The highest BCUT2D eigenvalue weighted by Crippen LogP contribution is 2.31. The van der Waals surface area contributed by atoms with Gasteiger partial charge in [-0.1, -0.05) is 12.6 Å². The lowest BCUT2D eigenvalue weighted by atomic mass is 9.97. The summed E-state index contributed by atoms with van der Waals surface area (Å²) in [6.45, 7) is 9.31. The van der Waals surface area contributed by atoms with E-state index in [1.54, 1.807) is 25.0 Å². The molecular weight excluding hydrogens is 527 g/mol. The number of carbonyl (C=O) groups excluding carboxylic acids is 1. The van der Waals surface area contributed by atoms with E-state index in [-0.39, 0.29) is 35.5 Å². The first-order valence-electron chi connectivity index (χ1n) is 13.5. The maximum atomic E-state index is 13.5. The molecule has 3 aliphatic heterocycles. The third kappa shape index (κ3) is 7.35. The van der Waals surface area contributed by atoms with Gasteiger partial charge in [0.05, 0.1) is 19.0 Å². The molecule has 2 saturated heterocycles. The number of fused-ring (bicyclic) bond motifs is 1. The number of hydrogen-bond acceptors (Lipinski definition) is 7. The number of aliphatic imine (C=N–C) groups is 1. The fourth-order valence-electron chi connectivity index (χ4n) is 5.56. The van der Waals surface area contributed by atoms with Gasteiger partial charge in [0.25, 0.3) is 5.91 Å². The molecule has 0 saturated carbocycles. The summed E-state index contributed by atoms with van der Waals surface area (Å²) in [5.74, 6) is -0.486. The Hall–Kier alpha value is -3.09. The Morgan fingerprint density at radius 2 is 1.95 bits per heavy atom. The number of piperidine rings is 1. The number of rotatable bonds is 8. The molecule has 3 aliphatic rings. The predicted octanol–water partition coefficient (Wildman–Crippen LogP) is 3.10. The van der Waals surface area contributed by atoms with E-state index in [9.17, 15) is 18.0 Å². The number of nitrogens with zero attached hydrogens (tertiary/aromatic N) is 3. The topological polar surface area (TPSA) is 102 Å². The quantitative estimate of drug-likeness (QED) is 0.216. The van der Waals surface area contributed by atoms with E-state index in [0.717, 1.165) is 31.2 Å². The molecule has 220 valence electrons. The number of ether oxygens (including phenoxy) is 3. The van der Waals surface area contributed by atoms with Crippen molar-refractivity contribution in [2.75, 3.05) is 40.0 Å². The molecule has 0 spiro atoms. The lowest BCUT2D eigenvalue weighted by Crippen LogP contribution is -2.54. The van der Waals surface area contributed by atoms with Gasteiger partial charge >= 0.3 is 6.36 Å². The minimum Gasteiger partial charge on any atom is -0.406 e. The smallest absolute Gasteiger partial charge is 0.406 e. The summed E-state index contributed by atoms with van der Waals surface area (Å²) in [4.78, 5) is 21.5. The van der Waals surface area contributed by atoms with Crippen molar-refractivity contribution < 1.29 is 32.2 Å². The lowest BCUT2D eigenvalue weighted by Gasteiger charge is -2.38. The average molecular weight is 566 g/mol. The van der Waals surface area contributed by atoms with E-state index >= 15 is 0 Å². The summed E-state index contributed by atoms with van der Waals surface area (Å²) < 4.78 is 53.3. The number of carbonyl (C=O) groups is 1. The van der Waals surface area contributed by atoms with Crippen molar-refractivity contribution in [3.8, 4) is 5.75 Å². The standard InChI is InChI=1S/C28H38F3N5O4/c1-18(19(2)36-10-6-20-4-5-23(14-21(20)15-36)40-28(29,30)31)26(33-17-32)27(37)35-11-7-22(8-12-35)34-24-9-13-39-16-25(24)38-3/h4-5,14,17,22,24-25,34H,2,6-13,15-16H2,1,3H3,(H2,32,33)/b26-18-. The molecular formula is C28H38F3N5O4. The van der Waals surface area contributed by atoms with Gasteiger partial charge in [0.15, 0.2) is 0 Å². The summed E-state index contributed by atoms with van der Waals surface area (Å²) in [5, 5.41) is 3.68. The Balaban J connectivity index is 1.40. The number of allylic oxidation sites excluding steroid dienone is 1. The van der Waals surface area contributed by atoms with Crippen molar-refractivity contribution >= 4 is 12.2 Å². The molecule has 3 heterocycles. The first kappa shape index (κ1) is 29.9. The van der Waals surface area contributed by atoms with Gasteiger partial charge in [-0.15, -0.1) is 13.2 Å². The number of likely N-dealkylation sites (tertiary alicyclic amines) is 1. The van der Waals surface area contributed by atoms with Crippen LogP contribution in [0.15, 0.2) is 46.7 Å². The molecule has 1 aromatic carbocycles. The van der Waals surface area contributed by atoms with Crippen LogP contribution < -0.4 is 15.8 Å². The molecule has 2 atom stereocenters. The van der Waals surface area contributed by atoms with Crippen LogP contribution in [0, 0.1) is 0 Å². The average Bonchev–Trinajstić information content (AvgIpc) is 2.94. The first-order chi connectivity index (χ1) is 19.1. The first-order valence-corrected chi connectivity index (χ1v) is 13.5. The number of benzene rings is 1. The Morgan fingerprint density at radius 3 is 2.62 bits per heavy atom. The number of nitrogens with one attached hydrogen (secondary N) is 1. The van der Waals surface area contributed by atoms with Gasteiger partial charge in [0, 0.05) is 63.2 Å². The van der Waals surface area contributed by atoms with Crippen molar-refractivity contribution in [3.05, 3.63) is 52.9 Å². The van der Waals surface area contributed by atoms with Crippen LogP contribution >= 0.6 is 0 Å². The van der Waals surface area contributed by atoms with Crippen LogP contribution in [-0.2, 0) is 27.2 Å². The number of methoxy groups -OCH3 is 1. The largest absolute Gasteiger partial charge is 0.573 e. The summed E-state index contributed by atoms with van der Waals surface area (Å²) in [6.07, 6.45) is -0.553. The van der Waals surface area contributed by atoms with E-state index < -0.39 is 6.36 Å². The Labute approximate surface area is 232 Å². The molecule has 3 N–H and O–H groups in total. The molecule has 4 rings (SSSR count). The fraction of sp³-hybridized carbons (Fsp3) is 0.571. The van der Waals surface area contributed by atoms with E-state index in [2.05, 4.69) is 21.6 Å². The Kier molecular flexibility index (Phi) is 9.75. The third-order valence-electron chi connectivity index (χ3n) is 7.84. The van der Waals surface area contributed by atoms with Crippen molar-refractivity contribution in [3.63, 3.8) is 0 Å². The van der Waals surface area contributed by atoms with Crippen molar-refractivity contribution in [2.45, 2.75) is 63.7 Å². The molecule has 2 unspecified atom stereocenters. The zero-order chi connectivity index (χ0) is 28.9. The monoisotopic (exact) mass is 565 g/mol. The van der Waals surface area contributed by atoms with Crippen LogP contribution in [-0.4, -0.2) is 86.6 Å². The second kappa shape index (κ2) is 13.0. The molecule has 0 aliphatic carbocycles. The van der Waals surface area contributed by atoms with Crippen molar-refractivity contribution in [1.82, 2.24) is 15.1 Å². The van der Waals surface area contributed by atoms with Crippen LogP contribution in [0.3, 0.4) is 0 Å². The van der Waals surface area contributed by atoms with E-state index in [1.165, 1.54) is 12.1 Å². The van der Waals surface area contributed by atoms with Crippen LogP contribution in [0.2, 0.25) is 0 Å². The number of nitrogens with two attached hydrogens (primary N) is 1. The van der Waals surface area contributed by atoms with E-state index in [1.807, 2.05) is 4.90 Å². The zero-order valence-electron chi connectivity index (χ0n) is 23.0. The van der Waals surface area contributed by atoms with Crippen molar-refractivity contribution in [1.29, 1.82) is 0 Å². The van der Waals surface area contributed by atoms with Crippen LogP contribution in [0.4, 0.5) is 13.2 Å². The van der Waals surface area contributed by atoms with Gasteiger partial charge in [-0.05, 0) is 55.9 Å². The summed E-state index contributed by atoms with van der Waals surface area (Å²) in [6, 6.07) is 4.87. The normalized spacial score (nSPS) is 23.1. The third-order valence-corrected chi connectivity index (χ3v) is 7.84. The van der Waals surface area contributed by atoms with Gasteiger partial charge in [0.1, 0.15) is 11.4 Å². The highest BCUT2D eigenvalue weighted by atomic mass is 19.4.